The SMILES string of the molecule is [CH2]c1ccc(C2=NCCS2(C)C=CCCC)cc1. The van der Waals surface area contributed by atoms with Gasteiger partial charge in [-0.05, 0) is 30.6 Å². The van der Waals surface area contributed by atoms with Gasteiger partial charge < -0.3 is 0 Å². The van der Waals surface area contributed by atoms with E-state index in [9.17, 15) is 0 Å². The van der Waals surface area contributed by atoms with Crippen LogP contribution in [0.1, 0.15) is 30.9 Å². The average molecular weight is 260 g/mol. The minimum absolute atomic E-state index is 0.834. The molecule has 1 aromatic rings. The van der Waals surface area contributed by atoms with Gasteiger partial charge in [-0.1, -0.05) is 43.7 Å². The summed E-state index contributed by atoms with van der Waals surface area (Å²) >= 11 is 0. The largest absolute Gasteiger partial charge is 0.278 e. The third-order valence-corrected chi connectivity index (χ3v) is 6.34. The van der Waals surface area contributed by atoms with Crippen molar-refractivity contribution < 1.29 is 0 Å². The van der Waals surface area contributed by atoms with E-state index in [1.807, 2.05) is 0 Å². The molecule has 97 valence electrons. The van der Waals surface area contributed by atoms with Crippen LogP contribution in [-0.2, 0) is 0 Å². The van der Waals surface area contributed by atoms with Crippen LogP contribution in [0.2, 0.25) is 0 Å². The number of aliphatic imine (C=N–C) groups is 1. The van der Waals surface area contributed by atoms with Gasteiger partial charge in [-0.2, -0.15) is 10.0 Å². The van der Waals surface area contributed by atoms with Crippen molar-refractivity contribution in [2.24, 2.45) is 4.99 Å². The predicted molar refractivity (Wildman–Crippen MR) is 84.7 cm³/mol. The van der Waals surface area contributed by atoms with Crippen LogP contribution in [0.25, 0.3) is 0 Å². The predicted octanol–water partition coefficient (Wildman–Crippen LogP) is 4.38. The fourth-order valence-corrected chi connectivity index (χ4v) is 4.72. The lowest BCUT2D eigenvalue weighted by molar-refractivity contribution is 0.960. The molecule has 0 bridgehead atoms. The highest BCUT2D eigenvalue weighted by molar-refractivity contribution is 8.47. The molecule has 0 aliphatic carbocycles. The summed E-state index contributed by atoms with van der Waals surface area (Å²) in [5, 5.41) is 3.75. The van der Waals surface area contributed by atoms with Crippen LogP contribution in [0.3, 0.4) is 0 Å². The first-order chi connectivity index (χ1) is 8.65. The van der Waals surface area contributed by atoms with E-state index in [0.29, 0.717) is 0 Å². The van der Waals surface area contributed by atoms with Gasteiger partial charge >= 0.3 is 0 Å². The molecule has 1 aromatic carbocycles. The first kappa shape index (κ1) is 13.4. The van der Waals surface area contributed by atoms with E-state index in [1.165, 1.54) is 29.2 Å². The molecule has 0 aromatic heterocycles. The number of hydrogen-bond acceptors (Lipinski definition) is 1. The molecule has 0 fully saturated rings. The third-order valence-electron chi connectivity index (χ3n) is 3.27. The molecule has 1 aliphatic heterocycles. The van der Waals surface area contributed by atoms with Gasteiger partial charge in [0.25, 0.3) is 0 Å². The van der Waals surface area contributed by atoms with Crippen LogP contribution < -0.4 is 0 Å². The lowest BCUT2D eigenvalue weighted by atomic mass is 10.2. The van der Waals surface area contributed by atoms with E-state index >= 15 is 0 Å². The molecule has 1 radical (unpaired) electrons. The molecule has 0 N–H and O–H groups in total. The summed E-state index contributed by atoms with van der Waals surface area (Å²) in [6.45, 7) is 7.14. The normalized spacial score (nSPS) is 27.2. The molecule has 1 unspecified atom stereocenters. The molecule has 0 saturated heterocycles. The Bertz CT molecular complexity index is 458. The molecule has 0 spiro atoms. The monoisotopic (exact) mass is 260 g/mol. The maximum atomic E-state index is 4.75. The Kier molecular flexibility index (Phi) is 4.28. The molecule has 1 aliphatic rings. The Morgan fingerprint density at radius 3 is 2.72 bits per heavy atom. The van der Waals surface area contributed by atoms with Gasteiger partial charge in [-0.25, -0.2) is 0 Å². The summed E-state index contributed by atoms with van der Waals surface area (Å²) in [6, 6.07) is 8.47. The second-order valence-electron chi connectivity index (χ2n) is 4.91. The van der Waals surface area contributed by atoms with Crippen molar-refractivity contribution in [1.82, 2.24) is 0 Å². The fourth-order valence-electron chi connectivity index (χ4n) is 2.17. The number of benzene rings is 1. The molecular weight excluding hydrogens is 238 g/mol. The molecular formula is C16H22NS. The summed E-state index contributed by atoms with van der Waals surface area (Å²) in [5.41, 5.74) is 2.34. The van der Waals surface area contributed by atoms with Crippen molar-refractivity contribution in [2.75, 3.05) is 18.6 Å². The summed E-state index contributed by atoms with van der Waals surface area (Å²) in [5.74, 6) is 1.20. The first-order valence-electron chi connectivity index (χ1n) is 6.55. The molecule has 0 saturated carbocycles. The Morgan fingerprint density at radius 2 is 2.06 bits per heavy atom. The molecule has 2 rings (SSSR count). The van der Waals surface area contributed by atoms with Crippen LogP contribution in [0, 0.1) is 6.92 Å². The van der Waals surface area contributed by atoms with E-state index in [4.69, 9.17) is 4.99 Å². The molecule has 18 heavy (non-hydrogen) atoms. The van der Waals surface area contributed by atoms with Crippen molar-refractivity contribution in [3.05, 3.63) is 53.8 Å². The summed E-state index contributed by atoms with van der Waals surface area (Å²) in [6.07, 6.45) is 7.11. The van der Waals surface area contributed by atoms with Crippen molar-refractivity contribution >= 4 is 15.1 Å². The zero-order valence-corrected chi connectivity index (χ0v) is 12.2. The van der Waals surface area contributed by atoms with Crippen molar-refractivity contribution in [3.8, 4) is 0 Å². The van der Waals surface area contributed by atoms with E-state index < -0.39 is 10.0 Å². The van der Waals surface area contributed by atoms with Crippen LogP contribution in [0.5, 0.6) is 0 Å². The fraction of sp³-hybridized carbons (Fsp3) is 0.375. The van der Waals surface area contributed by atoms with E-state index in [2.05, 4.69) is 55.9 Å². The minimum Gasteiger partial charge on any atom is -0.278 e. The third kappa shape index (κ3) is 2.86. The smallest absolute Gasteiger partial charge is 0.0840 e. The van der Waals surface area contributed by atoms with Gasteiger partial charge in [0.05, 0.1) is 5.04 Å². The molecule has 1 atom stereocenters. The minimum atomic E-state index is -0.834. The summed E-state index contributed by atoms with van der Waals surface area (Å²) in [4.78, 5) is 4.75. The zero-order valence-electron chi connectivity index (χ0n) is 11.4. The van der Waals surface area contributed by atoms with Crippen molar-refractivity contribution in [2.45, 2.75) is 19.8 Å². The molecule has 1 nitrogen and oxygen atoms in total. The van der Waals surface area contributed by atoms with Crippen LogP contribution in [0.15, 0.2) is 40.7 Å². The Labute approximate surface area is 112 Å². The van der Waals surface area contributed by atoms with Gasteiger partial charge in [-0.15, -0.1) is 0 Å². The number of nitrogens with zero attached hydrogens (tertiary/aromatic N) is 1. The topological polar surface area (TPSA) is 12.4 Å². The highest BCUT2D eigenvalue weighted by Crippen LogP contribution is 2.52. The van der Waals surface area contributed by atoms with E-state index in [-0.39, 0.29) is 0 Å². The Balaban J connectivity index is 2.23. The van der Waals surface area contributed by atoms with Gasteiger partial charge in [0, 0.05) is 17.9 Å². The van der Waals surface area contributed by atoms with Gasteiger partial charge in [0.2, 0.25) is 0 Å². The maximum absolute atomic E-state index is 4.75. The van der Waals surface area contributed by atoms with Gasteiger partial charge in [-0.3, -0.25) is 4.99 Å². The van der Waals surface area contributed by atoms with Crippen molar-refractivity contribution in [1.29, 1.82) is 0 Å². The number of hydrogen-bond donors (Lipinski definition) is 0. The summed E-state index contributed by atoms with van der Waals surface area (Å²) < 4.78 is 0. The molecule has 1 heterocycles. The Morgan fingerprint density at radius 1 is 1.33 bits per heavy atom. The van der Waals surface area contributed by atoms with E-state index in [1.54, 1.807) is 0 Å². The van der Waals surface area contributed by atoms with Gasteiger partial charge in [0.15, 0.2) is 0 Å². The molecule has 0 amide bonds. The zero-order chi connectivity index (χ0) is 13.0. The maximum Gasteiger partial charge on any atom is 0.0840 e. The van der Waals surface area contributed by atoms with Crippen molar-refractivity contribution in [3.63, 3.8) is 0 Å². The summed E-state index contributed by atoms with van der Waals surface area (Å²) in [7, 11) is -0.834. The van der Waals surface area contributed by atoms with Crippen LogP contribution in [-0.4, -0.2) is 23.6 Å². The standard InChI is InChI=1S/C16H22NS/c1-4-5-6-12-18(3)13-11-17-16(18)15-9-7-14(2)8-10-15/h6-10,12H,2,4-5,11,13H2,1,3H3. The highest BCUT2D eigenvalue weighted by atomic mass is 32.3. The molecule has 2 heteroatoms. The van der Waals surface area contributed by atoms with Crippen LogP contribution in [0.4, 0.5) is 0 Å². The number of unbranched alkanes of at least 4 members (excludes halogenated alkanes) is 1. The van der Waals surface area contributed by atoms with E-state index in [0.717, 1.165) is 12.1 Å². The second-order valence-corrected chi connectivity index (χ2v) is 8.29. The number of rotatable bonds is 4. The highest BCUT2D eigenvalue weighted by Gasteiger charge is 2.27. The Hall–Kier alpha value is -1.02. The van der Waals surface area contributed by atoms with Gasteiger partial charge in [0.1, 0.15) is 0 Å². The lowest BCUT2D eigenvalue weighted by Crippen LogP contribution is -2.08. The lowest BCUT2D eigenvalue weighted by Gasteiger charge is -2.28. The van der Waals surface area contributed by atoms with Crippen LogP contribution >= 0.6 is 10.0 Å². The average Bonchev–Trinajstić information content (AvgIpc) is 2.73. The quantitative estimate of drug-likeness (QED) is 0.762. The second kappa shape index (κ2) is 5.75. The first-order valence-corrected chi connectivity index (χ1v) is 8.82. The number of allylic oxidation sites excluding steroid dienone is 1.